The Morgan fingerprint density at radius 1 is 1.33 bits per heavy atom. The van der Waals surface area contributed by atoms with E-state index in [1.807, 2.05) is 11.8 Å². The van der Waals surface area contributed by atoms with Gasteiger partial charge in [-0.2, -0.15) is 4.72 Å². The fourth-order valence-electron chi connectivity index (χ4n) is 3.71. The molecule has 1 aliphatic rings. The first-order valence-electron chi connectivity index (χ1n) is 9.85. The van der Waals surface area contributed by atoms with Gasteiger partial charge in [-0.05, 0) is 58.2 Å². The summed E-state index contributed by atoms with van der Waals surface area (Å²) in [6.07, 6.45) is 1.52. The summed E-state index contributed by atoms with van der Waals surface area (Å²) in [5.41, 5.74) is 1.71. The van der Waals surface area contributed by atoms with Crippen molar-refractivity contribution < 1.29 is 22.1 Å². The molecule has 1 unspecified atom stereocenters. The molecule has 8 nitrogen and oxygen atoms in total. The number of anilines is 1. The third-order valence-electron chi connectivity index (χ3n) is 5.17. The van der Waals surface area contributed by atoms with Gasteiger partial charge in [-0.3, -0.25) is 4.79 Å². The van der Waals surface area contributed by atoms with Gasteiger partial charge >= 0.3 is 0 Å². The van der Waals surface area contributed by atoms with Crippen molar-refractivity contribution in [2.45, 2.75) is 57.5 Å². The van der Waals surface area contributed by atoms with Crippen LogP contribution in [-0.4, -0.2) is 44.7 Å². The molecule has 1 aliphatic heterocycles. The molecule has 3 rings (SSSR count). The molecular formula is C20H27FN4O4S. The second-order valence-corrected chi connectivity index (χ2v) is 9.40. The summed E-state index contributed by atoms with van der Waals surface area (Å²) in [7, 11) is -3.95. The van der Waals surface area contributed by atoms with Crippen LogP contribution in [0.4, 0.5) is 10.1 Å². The van der Waals surface area contributed by atoms with Crippen LogP contribution in [0.5, 0.6) is 0 Å². The number of hydrogen-bond donors (Lipinski definition) is 2. The Morgan fingerprint density at radius 3 is 2.73 bits per heavy atom. The quantitative estimate of drug-likeness (QED) is 0.717. The molecule has 1 aromatic carbocycles. The third kappa shape index (κ3) is 4.81. The molecule has 2 atom stereocenters. The highest BCUT2D eigenvalue weighted by molar-refractivity contribution is 7.89. The van der Waals surface area contributed by atoms with Crippen LogP contribution in [0.3, 0.4) is 0 Å². The number of nitrogens with one attached hydrogen (secondary N) is 2. The predicted molar refractivity (Wildman–Crippen MR) is 110 cm³/mol. The van der Waals surface area contributed by atoms with Crippen molar-refractivity contribution in [1.29, 1.82) is 0 Å². The van der Waals surface area contributed by atoms with Crippen LogP contribution < -0.4 is 14.9 Å². The normalized spacial score (nSPS) is 18.3. The van der Waals surface area contributed by atoms with E-state index in [0.717, 1.165) is 18.4 Å². The number of rotatable bonds is 6. The summed E-state index contributed by atoms with van der Waals surface area (Å²) in [5, 5.41) is 6.53. The smallest absolute Gasteiger partial charge is 0.246 e. The number of carbonyl (C=O) groups is 1. The first-order chi connectivity index (χ1) is 14.1. The maximum absolute atomic E-state index is 14.2. The van der Waals surface area contributed by atoms with E-state index in [4.69, 9.17) is 4.52 Å². The molecule has 164 valence electrons. The average molecular weight is 439 g/mol. The second-order valence-electron chi connectivity index (χ2n) is 7.74. The molecule has 0 saturated carbocycles. The predicted octanol–water partition coefficient (Wildman–Crippen LogP) is 2.19. The fourth-order valence-corrected chi connectivity index (χ4v) is 5.24. The van der Waals surface area contributed by atoms with Crippen molar-refractivity contribution in [2.75, 3.05) is 18.0 Å². The maximum Gasteiger partial charge on any atom is 0.246 e. The molecule has 1 aromatic heterocycles. The first-order valence-corrected chi connectivity index (χ1v) is 11.3. The Labute approximate surface area is 175 Å². The van der Waals surface area contributed by atoms with Crippen molar-refractivity contribution in [2.24, 2.45) is 0 Å². The molecule has 2 N–H and O–H groups in total. The molecule has 2 heterocycles. The minimum Gasteiger partial charge on any atom is -0.367 e. The summed E-state index contributed by atoms with van der Waals surface area (Å²) in [5.74, 6) is -0.578. The van der Waals surface area contributed by atoms with Crippen LogP contribution in [0.15, 0.2) is 27.6 Å². The van der Waals surface area contributed by atoms with E-state index < -0.39 is 22.0 Å². The zero-order valence-electron chi connectivity index (χ0n) is 17.5. The van der Waals surface area contributed by atoms with E-state index in [1.165, 1.54) is 26.8 Å². The average Bonchev–Trinajstić information content (AvgIpc) is 3.02. The number of piperidine rings is 1. The van der Waals surface area contributed by atoms with Gasteiger partial charge in [0.25, 0.3) is 0 Å². The van der Waals surface area contributed by atoms with Gasteiger partial charge in [-0.25, -0.2) is 12.8 Å². The number of hydrogen-bond acceptors (Lipinski definition) is 6. The number of carbonyl (C=O) groups excluding carboxylic acids is 1. The lowest BCUT2D eigenvalue weighted by atomic mass is 10.0. The topological polar surface area (TPSA) is 105 Å². The standard InChI is InChI=1S/C20H27FN4O4S/c1-12-7-8-17(21)18(10-12)25-9-5-6-16(11-25)22-20(26)14(3)24-30(27,28)19-13(2)23-29-15(19)4/h7-8,10,14,16,24H,5-6,9,11H2,1-4H3,(H,22,26)/t14-,16?/m0/s1. The van der Waals surface area contributed by atoms with Crippen molar-refractivity contribution in [1.82, 2.24) is 15.2 Å². The van der Waals surface area contributed by atoms with E-state index in [9.17, 15) is 17.6 Å². The van der Waals surface area contributed by atoms with Crippen molar-refractivity contribution >= 4 is 21.6 Å². The number of halogens is 1. The van der Waals surface area contributed by atoms with Gasteiger partial charge in [-0.1, -0.05) is 11.2 Å². The number of benzene rings is 1. The number of aromatic nitrogens is 1. The Bertz CT molecular complexity index is 1020. The number of amides is 1. The van der Waals surface area contributed by atoms with Crippen LogP contribution in [-0.2, 0) is 14.8 Å². The van der Waals surface area contributed by atoms with Gasteiger partial charge < -0.3 is 14.7 Å². The maximum atomic E-state index is 14.2. The molecule has 10 heteroatoms. The first kappa shape index (κ1) is 22.2. The molecule has 2 aromatic rings. The van der Waals surface area contributed by atoms with Gasteiger partial charge in [0, 0.05) is 19.1 Å². The van der Waals surface area contributed by atoms with Crippen LogP contribution in [0, 0.1) is 26.6 Å². The number of aryl methyl sites for hydroxylation is 3. The highest BCUT2D eigenvalue weighted by Crippen LogP contribution is 2.24. The Kier molecular flexibility index (Phi) is 6.47. The van der Waals surface area contributed by atoms with Crippen LogP contribution in [0.1, 0.15) is 36.8 Å². The lowest BCUT2D eigenvalue weighted by Crippen LogP contribution is -2.53. The van der Waals surface area contributed by atoms with E-state index in [0.29, 0.717) is 18.8 Å². The van der Waals surface area contributed by atoms with E-state index >= 15 is 0 Å². The molecule has 0 spiro atoms. The summed E-state index contributed by atoms with van der Waals surface area (Å²) in [6.45, 7) is 7.55. The second kappa shape index (κ2) is 8.73. The Morgan fingerprint density at radius 2 is 2.07 bits per heavy atom. The highest BCUT2D eigenvalue weighted by Gasteiger charge is 2.30. The Balaban J connectivity index is 1.64. The van der Waals surface area contributed by atoms with Crippen LogP contribution in [0.25, 0.3) is 0 Å². The molecule has 1 amide bonds. The monoisotopic (exact) mass is 438 g/mol. The minimum atomic E-state index is -3.95. The number of sulfonamides is 1. The van der Waals surface area contributed by atoms with Gasteiger partial charge in [-0.15, -0.1) is 0 Å². The van der Waals surface area contributed by atoms with Crippen molar-refractivity contribution in [3.05, 3.63) is 41.0 Å². The Hall–Kier alpha value is -2.46. The summed E-state index contributed by atoms with van der Waals surface area (Å²) in [6, 6.07) is 3.75. The van der Waals surface area contributed by atoms with Crippen LogP contribution >= 0.6 is 0 Å². The lowest BCUT2D eigenvalue weighted by molar-refractivity contribution is -0.123. The fraction of sp³-hybridized carbons (Fsp3) is 0.500. The van der Waals surface area contributed by atoms with Crippen molar-refractivity contribution in [3.8, 4) is 0 Å². The lowest BCUT2D eigenvalue weighted by Gasteiger charge is -2.35. The van der Waals surface area contributed by atoms with E-state index in [1.54, 1.807) is 12.1 Å². The molecule has 30 heavy (non-hydrogen) atoms. The summed E-state index contributed by atoms with van der Waals surface area (Å²) < 4.78 is 46.7. The summed E-state index contributed by atoms with van der Waals surface area (Å²) in [4.78, 5) is 14.5. The minimum absolute atomic E-state index is 0.0547. The van der Waals surface area contributed by atoms with Crippen molar-refractivity contribution in [3.63, 3.8) is 0 Å². The zero-order valence-corrected chi connectivity index (χ0v) is 18.3. The van der Waals surface area contributed by atoms with E-state index in [2.05, 4.69) is 15.2 Å². The third-order valence-corrected chi connectivity index (χ3v) is 6.96. The van der Waals surface area contributed by atoms with Crippen LogP contribution in [0.2, 0.25) is 0 Å². The molecule has 0 bridgehead atoms. The van der Waals surface area contributed by atoms with E-state index in [-0.39, 0.29) is 28.2 Å². The SMILES string of the molecule is Cc1ccc(F)c(N2CCCC(NC(=O)[C@H](C)NS(=O)(=O)c3c(C)noc3C)C2)c1. The van der Waals surface area contributed by atoms with Gasteiger partial charge in [0.15, 0.2) is 5.76 Å². The summed E-state index contributed by atoms with van der Waals surface area (Å²) >= 11 is 0. The van der Waals surface area contributed by atoms with Gasteiger partial charge in [0.1, 0.15) is 16.4 Å². The highest BCUT2D eigenvalue weighted by atomic mass is 32.2. The zero-order chi connectivity index (χ0) is 22.1. The number of nitrogens with zero attached hydrogens (tertiary/aromatic N) is 2. The molecule has 1 saturated heterocycles. The molecule has 0 aliphatic carbocycles. The molecular weight excluding hydrogens is 411 g/mol. The molecule has 0 radical (unpaired) electrons. The van der Waals surface area contributed by atoms with Gasteiger partial charge in [0.2, 0.25) is 15.9 Å². The molecule has 1 fully saturated rings. The van der Waals surface area contributed by atoms with Gasteiger partial charge in [0.05, 0.1) is 11.7 Å². The largest absolute Gasteiger partial charge is 0.367 e.